The highest BCUT2D eigenvalue weighted by Crippen LogP contribution is 2.33. The van der Waals surface area contributed by atoms with Crippen molar-refractivity contribution in [1.82, 2.24) is 5.32 Å². The third kappa shape index (κ3) is 14.6. The number of aryl methyl sites for hydroxylation is 2. The van der Waals surface area contributed by atoms with Gasteiger partial charge in [0.1, 0.15) is 30.3 Å². The number of methoxy groups -OCH3 is 1. The third-order valence-electron chi connectivity index (χ3n) is 9.60. The second-order valence-corrected chi connectivity index (χ2v) is 13.9. The number of aliphatic carboxylic acids is 1. The van der Waals surface area contributed by atoms with Gasteiger partial charge in [-0.15, -0.1) is 0 Å². The SMILES string of the molecule is CCCC(CCc1cccc(OCc2ccccc2)c1)(C(=O)O)C(=O)OCC.CCCC(CCc1cccc(OCc2ccccc2)c1)(NC(=O)OC)C(=O)OCC. The van der Waals surface area contributed by atoms with Crippen molar-refractivity contribution in [3.05, 3.63) is 131 Å². The van der Waals surface area contributed by atoms with Crippen LogP contribution in [0.4, 0.5) is 4.79 Å². The van der Waals surface area contributed by atoms with Gasteiger partial charge in [-0.1, -0.05) is 112 Å². The number of amides is 1. The average molecular weight is 798 g/mol. The Morgan fingerprint density at radius 3 is 1.48 bits per heavy atom. The Bertz CT molecular complexity index is 1850. The Kier molecular flexibility index (Phi) is 19.8. The largest absolute Gasteiger partial charge is 0.489 e. The first-order valence-corrected chi connectivity index (χ1v) is 20.0. The van der Waals surface area contributed by atoms with E-state index in [2.05, 4.69) is 5.32 Å². The number of alkyl carbamates (subject to hydrolysis) is 1. The Labute approximate surface area is 343 Å². The van der Waals surface area contributed by atoms with Gasteiger partial charge >= 0.3 is 24.0 Å². The summed E-state index contributed by atoms with van der Waals surface area (Å²) in [6.07, 6.45) is 2.99. The zero-order valence-corrected chi connectivity index (χ0v) is 34.5. The van der Waals surface area contributed by atoms with Crippen molar-refractivity contribution in [2.45, 2.75) is 97.8 Å². The summed E-state index contributed by atoms with van der Waals surface area (Å²) in [6, 6.07) is 35.2. The number of carbonyl (C=O) groups is 4. The molecule has 0 bridgehead atoms. The first kappa shape index (κ1) is 46.5. The third-order valence-corrected chi connectivity index (χ3v) is 9.60. The second-order valence-electron chi connectivity index (χ2n) is 13.9. The molecule has 58 heavy (non-hydrogen) atoms. The molecule has 2 atom stereocenters. The summed E-state index contributed by atoms with van der Waals surface area (Å²) in [5, 5.41) is 12.5. The van der Waals surface area contributed by atoms with Gasteiger partial charge in [-0.25, -0.2) is 9.59 Å². The monoisotopic (exact) mass is 797 g/mol. The van der Waals surface area contributed by atoms with E-state index in [4.69, 9.17) is 23.7 Å². The molecule has 4 aromatic rings. The van der Waals surface area contributed by atoms with Crippen LogP contribution in [0, 0.1) is 5.41 Å². The number of hydrogen-bond donors (Lipinski definition) is 2. The lowest BCUT2D eigenvalue weighted by molar-refractivity contribution is -0.170. The number of hydrogen-bond acceptors (Lipinski definition) is 9. The lowest BCUT2D eigenvalue weighted by Gasteiger charge is -2.31. The molecule has 0 aliphatic carbocycles. The normalized spacial score (nSPS) is 12.6. The van der Waals surface area contributed by atoms with E-state index in [1.807, 2.05) is 123 Å². The summed E-state index contributed by atoms with van der Waals surface area (Å²) in [4.78, 5) is 49.0. The molecule has 0 fully saturated rings. The first-order chi connectivity index (χ1) is 28.0. The molecule has 2 N–H and O–H groups in total. The van der Waals surface area contributed by atoms with Gasteiger partial charge in [0, 0.05) is 0 Å². The van der Waals surface area contributed by atoms with Gasteiger partial charge in [0.25, 0.3) is 0 Å². The number of rotatable bonds is 22. The van der Waals surface area contributed by atoms with Crippen LogP contribution in [0.2, 0.25) is 0 Å². The van der Waals surface area contributed by atoms with E-state index in [0.29, 0.717) is 57.5 Å². The van der Waals surface area contributed by atoms with Crippen LogP contribution in [0.1, 0.15) is 88.5 Å². The smallest absolute Gasteiger partial charge is 0.407 e. The molecule has 1 amide bonds. The number of carboxylic acids is 1. The van der Waals surface area contributed by atoms with Gasteiger partial charge in [0.05, 0.1) is 20.3 Å². The van der Waals surface area contributed by atoms with E-state index in [-0.39, 0.29) is 26.1 Å². The fourth-order valence-corrected chi connectivity index (χ4v) is 6.55. The van der Waals surface area contributed by atoms with Crippen LogP contribution in [-0.2, 0) is 54.6 Å². The average Bonchev–Trinajstić information content (AvgIpc) is 3.24. The van der Waals surface area contributed by atoms with Crippen LogP contribution in [-0.4, -0.2) is 55.0 Å². The molecule has 4 aromatic carbocycles. The lowest BCUT2D eigenvalue weighted by Crippen LogP contribution is -2.55. The first-order valence-electron chi connectivity index (χ1n) is 20.0. The molecule has 312 valence electrons. The molecular weight excluding hydrogens is 739 g/mol. The summed E-state index contributed by atoms with van der Waals surface area (Å²) in [5.74, 6) is -0.734. The molecule has 0 aliphatic rings. The molecule has 11 nitrogen and oxygen atoms in total. The van der Waals surface area contributed by atoms with E-state index in [1.165, 1.54) is 7.11 Å². The van der Waals surface area contributed by atoms with E-state index >= 15 is 0 Å². The predicted molar refractivity (Wildman–Crippen MR) is 222 cm³/mol. The minimum Gasteiger partial charge on any atom is -0.489 e. The molecule has 0 aliphatic heterocycles. The number of esters is 2. The number of benzene rings is 4. The van der Waals surface area contributed by atoms with Gasteiger partial charge in [0.2, 0.25) is 0 Å². The fraction of sp³-hybridized carbons (Fsp3) is 0.404. The number of carboxylic acid groups (broad SMARTS) is 1. The molecule has 0 aromatic heterocycles. The zero-order valence-electron chi connectivity index (χ0n) is 34.5. The van der Waals surface area contributed by atoms with E-state index in [0.717, 1.165) is 28.0 Å². The van der Waals surface area contributed by atoms with Gasteiger partial charge in [-0.05, 0) is 98.9 Å². The second kappa shape index (κ2) is 24.7. The Hall–Kier alpha value is -5.84. The molecule has 0 radical (unpaired) electrons. The van der Waals surface area contributed by atoms with Crippen molar-refractivity contribution in [2.75, 3.05) is 20.3 Å². The zero-order chi connectivity index (χ0) is 42.2. The van der Waals surface area contributed by atoms with Gasteiger partial charge in [-0.3, -0.25) is 9.59 Å². The standard InChI is InChI=1S/C24H31NO5.C23H28O5/c1-4-15-24(22(26)29-5-2,25-23(27)28-3)16-14-19-12-9-13-21(17-19)30-18-20-10-7-6-8-11-20;1-3-14-23(21(24)25,22(26)27-4-2)15-13-18-11-8-12-20(16-18)28-17-19-9-6-5-7-10-19/h6-13,17H,4-5,14-16,18H2,1-3H3,(H,25,27);5-12,16H,3-4,13-15,17H2,1-2H3,(H,24,25). The highest BCUT2D eigenvalue weighted by Gasteiger charge is 2.46. The maximum atomic E-state index is 12.7. The van der Waals surface area contributed by atoms with Crippen LogP contribution >= 0.6 is 0 Å². The number of carbonyl (C=O) groups excluding carboxylic acids is 3. The van der Waals surface area contributed by atoms with E-state index < -0.39 is 35.0 Å². The summed E-state index contributed by atoms with van der Waals surface area (Å²) in [7, 11) is 1.28. The fourth-order valence-electron chi connectivity index (χ4n) is 6.55. The van der Waals surface area contributed by atoms with Crippen LogP contribution in [0.5, 0.6) is 11.5 Å². The van der Waals surface area contributed by atoms with Crippen molar-refractivity contribution in [3.8, 4) is 11.5 Å². The van der Waals surface area contributed by atoms with Crippen molar-refractivity contribution in [1.29, 1.82) is 0 Å². The topological polar surface area (TPSA) is 147 Å². The lowest BCUT2D eigenvalue weighted by atomic mass is 9.78. The van der Waals surface area contributed by atoms with Gasteiger partial charge in [-0.2, -0.15) is 0 Å². The van der Waals surface area contributed by atoms with E-state index in [9.17, 15) is 24.3 Å². The van der Waals surface area contributed by atoms with Crippen molar-refractivity contribution in [3.63, 3.8) is 0 Å². The molecule has 0 saturated heterocycles. The minimum absolute atomic E-state index is 0.167. The summed E-state index contributed by atoms with van der Waals surface area (Å²) < 4.78 is 26.8. The van der Waals surface area contributed by atoms with Crippen molar-refractivity contribution < 1.29 is 48.0 Å². The maximum absolute atomic E-state index is 12.7. The number of ether oxygens (including phenoxy) is 5. The molecule has 0 heterocycles. The van der Waals surface area contributed by atoms with Crippen molar-refractivity contribution in [2.24, 2.45) is 5.41 Å². The summed E-state index contributed by atoms with van der Waals surface area (Å²) >= 11 is 0. The molecule has 2 unspecified atom stereocenters. The quantitative estimate of drug-likeness (QED) is 0.0448. The van der Waals surface area contributed by atoms with Crippen molar-refractivity contribution >= 4 is 24.0 Å². The maximum Gasteiger partial charge on any atom is 0.407 e. The Morgan fingerprint density at radius 2 is 1.03 bits per heavy atom. The van der Waals surface area contributed by atoms with Gasteiger partial charge < -0.3 is 34.1 Å². The van der Waals surface area contributed by atoms with Crippen LogP contribution in [0.15, 0.2) is 109 Å². The highest BCUT2D eigenvalue weighted by molar-refractivity contribution is 5.99. The van der Waals surface area contributed by atoms with Gasteiger partial charge in [0.15, 0.2) is 5.41 Å². The molecular formula is C47H59NO10. The summed E-state index contributed by atoms with van der Waals surface area (Å²) in [5.41, 5.74) is 1.47. The summed E-state index contributed by atoms with van der Waals surface area (Å²) in [6.45, 7) is 8.62. The highest BCUT2D eigenvalue weighted by atomic mass is 16.6. The molecule has 11 heteroatoms. The molecule has 0 spiro atoms. The van der Waals surface area contributed by atoms with Crippen LogP contribution in [0.3, 0.4) is 0 Å². The minimum atomic E-state index is -1.51. The number of nitrogens with one attached hydrogen (secondary N) is 1. The Balaban J connectivity index is 0.000000311. The molecule has 0 saturated carbocycles. The van der Waals surface area contributed by atoms with Crippen LogP contribution < -0.4 is 14.8 Å². The predicted octanol–water partition coefficient (Wildman–Crippen LogP) is 9.29. The van der Waals surface area contributed by atoms with E-state index in [1.54, 1.807) is 13.8 Å². The van der Waals surface area contributed by atoms with Crippen LogP contribution in [0.25, 0.3) is 0 Å². The molecule has 4 rings (SSSR count). The Morgan fingerprint density at radius 1 is 0.569 bits per heavy atom.